The molecule has 5 nitrogen and oxygen atoms in total. The molecule has 0 saturated heterocycles. The van der Waals surface area contributed by atoms with E-state index in [1.54, 1.807) is 6.07 Å². The van der Waals surface area contributed by atoms with Crippen LogP contribution < -0.4 is 0 Å². The van der Waals surface area contributed by atoms with Crippen LogP contribution in [0.2, 0.25) is 0 Å². The molecule has 1 aliphatic rings. The van der Waals surface area contributed by atoms with Crippen molar-refractivity contribution in [3.8, 4) is 0 Å². The zero-order valence-electron chi connectivity index (χ0n) is 13.2. The fourth-order valence-electron chi connectivity index (χ4n) is 2.38. The van der Waals surface area contributed by atoms with Crippen LogP contribution in [0.5, 0.6) is 0 Å². The molecule has 7 heteroatoms. The minimum absolute atomic E-state index is 0.175. The van der Waals surface area contributed by atoms with Gasteiger partial charge >= 0.3 is 0 Å². The van der Waals surface area contributed by atoms with Crippen LogP contribution in [0, 0.1) is 6.92 Å². The first-order chi connectivity index (χ1) is 10.2. The van der Waals surface area contributed by atoms with Crippen molar-refractivity contribution in [2.24, 2.45) is 0 Å². The standard InChI is InChI=1S/C15H20N2O3S2/c1-10-5-6-13(21-10)22(18,19)17-8-7-12-11(9-17)16-14(20-12)15(2,3)4/h5-6H,7-9H2,1-4H3. The average Bonchev–Trinajstić information content (AvgIpc) is 3.03. The molecule has 0 atom stereocenters. The number of sulfonamides is 1. The zero-order valence-corrected chi connectivity index (χ0v) is 14.8. The molecule has 3 rings (SSSR count). The highest BCUT2D eigenvalue weighted by Crippen LogP contribution is 2.31. The molecular weight excluding hydrogens is 320 g/mol. The Hall–Kier alpha value is -1.18. The van der Waals surface area contributed by atoms with Crippen LogP contribution >= 0.6 is 11.3 Å². The summed E-state index contributed by atoms with van der Waals surface area (Å²) >= 11 is 1.31. The molecule has 0 aromatic carbocycles. The van der Waals surface area contributed by atoms with Crippen LogP contribution in [0.15, 0.2) is 20.8 Å². The van der Waals surface area contributed by atoms with E-state index in [2.05, 4.69) is 4.98 Å². The first kappa shape index (κ1) is 15.7. The second kappa shape index (κ2) is 5.18. The van der Waals surface area contributed by atoms with Crippen molar-refractivity contribution in [2.75, 3.05) is 6.54 Å². The Morgan fingerprint density at radius 1 is 1.32 bits per heavy atom. The Morgan fingerprint density at radius 3 is 2.64 bits per heavy atom. The quantitative estimate of drug-likeness (QED) is 0.843. The highest BCUT2D eigenvalue weighted by molar-refractivity contribution is 7.91. The van der Waals surface area contributed by atoms with Crippen molar-refractivity contribution in [2.45, 2.75) is 50.3 Å². The Kier molecular flexibility index (Phi) is 3.70. The lowest BCUT2D eigenvalue weighted by Gasteiger charge is -2.23. The summed E-state index contributed by atoms with van der Waals surface area (Å²) in [5.74, 6) is 1.49. The van der Waals surface area contributed by atoms with Crippen LogP contribution in [0.25, 0.3) is 0 Å². The van der Waals surface area contributed by atoms with Crippen LogP contribution in [-0.2, 0) is 28.4 Å². The number of oxazole rings is 1. The third-order valence-electron chi connectivity index (χ3n) is 3.64. The fourth-order valence-corrected chi connectivity index (χ4v) is 5.22. The molecule has 0 saturated carbocycles. The summed E-state index contributed by atoms with van der Waals surface area (Å²) < 4.78 is 33.1. The molecule has 3 heterocycles. The highest BCUT2D eigenvalue weighted by atomic mass is 32.2. The van der Waals surface area contributed by atoms with Gasteiger partial charge in [-0.3, -0.25) is 0 Å². The van der Waals surface area contributed by atoms with Crippen molar-refractivity contribution in [1.82, 2.24) is 9.29 Å². The van der Waals surface area contributed by atoms with E-state index in [0.717, 1.165) is 16.3 Å². The van der Waals surface area contributed by atoms with Crippen molar-refractivity contribution < 1.29 is 12.8 Å². The molecule has 0 bridgehead atoms. The summed E-state index contributed by atoms with van der Waals surface area (Å²) in [6.45, 7) is 8.73. The van der Waals surface area contributed by atoms with Gasteiger partial charge in [0.05, 0.1) is 12.2 Å². The van der Waals surface area contributed by atoms with Gasteiger partial charge in [0.1, 0.15) is 9.97 Å². The number of fused-ring (bicyclic) bond motifs is 1. The van der Waals surface area contributed by atoms with Crippen LogP contribution in [-0.4, -0.2) is 24.3 Å². The first-order valence-electron chi connectivity index (χ1n) is 7.23. The molecule has 2 aromatic rings. The van der Waals surface area contributed by atoms with Crippen molar-refractivity contribution in [3.05, 3.63) is 34.4 Å². The van der Waals surface area contributed by atoms with Crippen molar-refractivity contribution >= 4 is 21.4 Å². The molecule has 0 aliphatic carbocycles. The topological polar surface area (TPSA) is 63.4 Å². The largest absolute Gasteiger partial charge is 0.445 e. The number of hydrogen-bond donors (Lipinski definition) is 0. The van der Waals surface area contributed by atoms with Gasteiger partial charge in [-0.15, -0.1) is 11.3 Å². The van der Waals surface area contributed by atoms with Gasteiger partial charge in [-0.05, 0) is 19.1 Å². The Bertz CT molecular complexity index is 797. The molecule has 1 aliphatic heterocycles. The smallest absolute Gasteiger partial charge is 0.252 e. The maximum atomic E-state index is 12.7. The van der Waals surface area contributed by atoms with Gasteiger partial charge in [-0.25, -0.2) is 13.4 Å². The summed E-state index contributed by atoms with van der Waals surface area (Å²) in [7, 11) is -3.44. The zero-order chi connectivity index (χ0) is 16.1. The van der Waals surface area contributed by atoms with E-state index in [9.17, 15) is 8.42 Å². The van der Waals surface area contributed by atoms with Gasteiger partial charge in [0.25, 0.3) is 10.0 Å². The predicted molar refractivity (Wildman–Crippen MR) is 85.6 cm³/mol. The molecule has 120 valence electrons. The maximum absolute atomic E-state index is 12.7. The molecular formula is C15H20N2O3S2. The molecule has 0 fully saturated rings. The summed E-state index contributed by atoms with van der Waals surface area (Å²) in [4.78, 5) is 5.51. The Labute approximate surface area is 135 Å². The van der Waals surface area contributed by atoms with E-state index in [1.807, 2.05) is 33.8 Å². The lowest BCUT2D eigenvalue weighted by molar-refractivity contribution is 0.339. The summed E-state index contributed by atoms with van der Waals surface area (Å²) in [6, 6.07) is 3.51. The third kappa shape index (κ3) is 2.73. The van der Waals surface area contributed by atoms with E-state index >= 15 is 0 Å². The van der Waals surface area contributed by atoms with E-state index in [1.165, 1.54) is 15.6 Å². The summed E-state index contributed by atoms with van der Waals surface area (Å²) in [6.07, 6.45) is 0.571. The minimum Gasteiger partial charge on any atom is -0.445 e. The van der Waals surface area contributed by atoms with Crippen molar-refractivity contribution in [1.29, 1.82) is 0 Å². The Morgan fingerprint density at radius 2 is 2.05 bits per heavy atom. The second-order valence-corrected chi connectivity index (χ2v) is 10.0. The molecule has 0 radical (unpaired) electrons. The minimum atomic E-state index is -3.44. The van der Waals surface area contributed by atoms with Gasteiger partial charge in [0.2, 0.25) is 0 Å². The number of aromatic nitrogens is 1. The third-order valence-corrected chi connectivity index (χ3v) is 6.96. The van der Waals surface area contributed by atoms with E-state index in [0.29, 0.717) is 23.1 Å². The fraction of sp³-hybridized carbons (Fsp3) is 0.533. The number of aryl methyl sites for hydroxylation is 1. The molecule has 0 spiro atoms. The van der Waals surface area contributed by atoms with Crippen LogP contribution in [0.1, 0.15) is 43.0 Å². The van der Waals surface area contributed by atoms with Gasteiger partial charge < -0.3 is 4.42 Å². The number of thiophene rings is 1. The molecule has 22 heavy (non-hydrogen) atoms. The molecule has 2 aromatic heterocycles. The lowest BCUT2D eigenvalue weighted by atomic mass is 9.97. The van der Waals surface area contributed by atoms with E-state index < -0.39 is 10.0 Å². The highest BCUT2D eigenvalue weighted by Gasteiger charge is 2.33. The monoisotopic (exact) mass is 340 g/mol. The van der Waals surface area contributed by atoms with E-state index in [4.69, 9.17) is 4.42 Å². The summed E-state index contributed by atoms with van der Waals surface area (Å²) in [5, 5.41) is 0. The second-order valence-electron chi connectivity index (χ2n) is 6.59. The molecule has 0 amide bonds. The number of nitrogens with zero attached hydrogens (tertiary/aromatic N) is 2. The predicted octanol–water partition coefficient (Wildman–Crippen LogP) is 3.09. The van der Waals surface area contributed by atoms with Crippen LogP contribution in [0.3, 0.4) is 0 Å². The SMILES string of the molecule is Cc1ccc(S(=O)(=O)N2CCc3oc(C(C)(C)C)nc3C2)s1. The average molecular weight is 340 g/mol. The normalized spacial score (nSPS) is 16.7. The van der Waals surface area contributed by atoms with Gasteiger partial charge in [-0.1, -0.05) is 20.8 Å². The lowest BCUT2D eigenvalue weighted by Crippen LogP contribution is -2.35. The van der Waals surface area contributed by atoms with Crippen LogP contribution in [0.4, 0.5) is 0 Å². The van der Waals surface area contributed by atoms with E-state index in [-0.39, 0.29) is 12.0 Å². The Balaban J connectivity index is 1.90. The maximum Gasteiger partial charge on any atom is 0.252 e. The molecule has 0 unspecified atom stereocenters. The van der Waals surface area contributed by atoms with Gasteiger partial charge in [-0.2, -0.15) is 4.31 Å². The van der Waals surface area contributed by atoms with Gasteiger partial charge in [0, 0.05) is 23.3 Å². The number of hydrogen-bond acceptors (Lipinski definition) is 5. The number of rotatable bonds is 2. The summed E-state index contributed by atoms with van der Waals surface area (Å²) in [5.41, 5.74) is 0.569. The first-order valence-corrected chi connectivity index (χ1v) is 9.49. The molecule has 0 N–H and O–H groups in total. The van der Waals surface area contributed by atoms with Gasteiger partial charge in [0.15, 0.2) is 5.89 Å². The van der Waals surface area contributed by atoms with Crippen molar-refractivity contribution in [3.63, 3.8) is 0 Å².